The van der Waals surface area contributed by atoms with E-state index >= 15 is 0 Å². The summed E-state index contributed by atoms with van der Waals surface area (Å²) in [5.41, 5.74) is 0. The molecule has 0 aliphatic carbocycles. The lowest BCUT2D eigenvalue weighted by Crippen LogP contribution is -2.33. The van der Waals surface area contributed by atoms with Crippen molar-refractivity contribution in [2.24, 2.45) is 0 Å². The Morgan fingerprint density at radius 1 is 0.696 bits per heavy atom. The Kier molecular flexibility index (Phi) is 16.3. The molecular formula is C15H36N4O4. The Bertz CT molecular complexity index is 250. The standard InChI is InChI=1S/C15H36N4O4/c1-6-7-8-20-10-17(3)12-22-14-19(5)15-23-13-18(4)11-21-9-16-2/h16H,6-15H2,1-5H3. The van der Waals surface area contributed by atoms with E-state index in [2.05, 4.69) is 12.2 Å². The van der Waals surface area contributed by atoms with Gasteiger partial charge in [-0.15, -0.1) is 0 Å². The first-order valence-corrected chi connectivity index (χ1v) is 8.11. The average molecular weight is 336 g/mol. The van der Waals surface area contributed by atoms with Crippen molar-refractivity contribution in [1.29, 1.82) is 0 Å². The summed E-state index contributed by atoms with van der Waals surface area (Å²) in [6.45, 7) is 6.69. The molecule has 0 aliphatic heterocycles. The highest BCUT2D eigenvalue weighted by Gasteiger charge is 2.03. The Hall–Kier alpha value is -0.320. The zero-order chi connectivity index (χ0) is 17.3. The zero-order valence-corrected chi connectivity index (χ0v) is 15.5. The third kappa shape index (κ3) is 16.3. The molecule has 8 nitrogen and oxygen atoms in total. The predicted molar refractivity (Wildman–Crippen MR) is 90.5 cm³/mol. The summed E-state index contributed by atoms with van der Waals surface area (Å²) in [6.07, 6.45) is 2.25. The number of nitrogens with one attached hydrogen (secondary N) is 1. The van der Waals surface area contributed by atoms with Gasteiger partial charge in [0.25, 0.3) is 0 Å². The zero-order valence-electron chi connectivity index (χ0n) is 15.5. The van der Waals surface area contributed by atoms with Crippen molar-refractivity contribution in [3.05, 3.63) is 0 Å². The van der Waals surface area contributed by atoms with E-state index in [-0.39, 0.29) is 0 Å². The molecule has 0 aromatic rings. The second kappa shape index (κ2) is 16.5. The summed E-state index contributed by atoms with van der Waals surface area (Å²) in [5.74, 6) is 0. The molecule has 0 heterocycles. The average Bonchev–Trinajstić information content (AvgIpc) is 2.52. The maximum Gasteiger partial charge on any atom is 0.102 e. The van der Waals surface area contributed by atoms with E-state index in [1.54, 1.807) is 0 Å². The van der Waals surface area contributed by atoms with E-state index in [4.69, 9.17) is 18.9 Å². The van der Waals surface area contributed by atoms with Crippen LogP contribution in [-0.2, 0) is 18.9 Å². The van der Waals surface area contributed by atoms with Gasteiger partial charge >= 0.3 is 0 Å². The Morgan fingerprint density at radius 2 is 1.13 bits per heavy atom. The van der Waals surface area contributed by atoms with Gasteiger partial charge in [-0.05, 0) is 34.6 Å². The van der Waals surface area contributed by atoms with Gasteiger partial charge in [0.15, 0.2) is 0 Å². The molecule has 1 N–H and O–H groups in total. The van der Waals surface area contributed by atoms with Gasteiger partial charge in [-0.2, -0.15) is 0 Å². The maximum atomic E-state index is 5.60. The Balaban J connectivity index is 3.43. The van der Waals surface area contributed by atoms with Crippen LogP contribution in [0.5, 0.6) is 0 Å². The summed E-state index contributed by atoms with van der Waals surface area (Å²) in [7, 11) is 7.72. The molecule has 0 aromatic carbocycles. The molecule has 0 aromatic heterocycles. The number of unbranched alkanes of at least 4 members (excludes halogenated alkanes) is 1. The van der Waals surface area contributed by atoms with Crippen LogP contribution >= 0.6 is 0 Å². The van der Waals surface area contributed by atoms with Gasteiger partial charge in [0.2, 0.25) is 0 Å². The molecule has 140 valence electrons. The van der Waals surface area contributed by atoms with Crippen molar-refractivity contribution >= 4 is 0 Å². The fourth-order valence-electron chi connectivity index (χ4n) is 1.59. The normalized spacial score (nSPS) is 12.0. The highest BCUT2D eigenvalue weighted by Crippen LogP contribution is 1.93. The minimum absolute atomic E-state index is 0.507. The molecular weight excluding hydrogens is 300 g/mol. The van der Waals surface area contributed by atoms with E-state index in [1.165, 1.54) is 0 Å². The van der Waals surface area contributed by atoms with E-state index in [0.717, 1.165) is 19.4 Å². The SMILES string of the molecule is CCCCOCN(C)COCN(C)COCN(C)COCNC. The summed E-state index contributed by atoms with van der Waals surface area (Å²) in [4.78, 5) is 5.92. The van der Waals surface area contributed by atoms with Crippen molar-refractivity contribution in [2.45, 2.75) is 19.8 Å². The molecule has 0 atom stereocenters. The first kappa shape index (κ1) is 22.7. The summed E-state index contributed by atoms with van der Waals surface area (Å²) in [6, 6.07) is 0. The topological polar surface area (TPSA) is 58.7 Å². The van der Waals surface area contributed by atoms with Crippen LogP contribution < -0.4 is 5.32 Å². The lowest BCUT2D eigenvalue weighted by Gasteiger charge is -2.22. The van der Waals surface area contributed by atoms with Crippen LogP contribution in [0.1, 0.15) is 19.8 Å². The van der Waals surface area contributed by atoms with Gasteiger partial charge in [-0.1, -0.05) is 13.3 Å². The van der Waals surface area contributed by atoms with Crippen LogP contribution in [0.2, 0.25) is 0 Å². The second-order valence-electron chi connectivity index (χ2n) is 5.71. The molecule has 0 fully saturated rings. The largest absolute Gasteiger partial charge is 0.366 e. The lowest BCUT2D eigenvalue weighted by molar-refractivity contribution is -0.0995. The fourth-order valence-corrected chi connectivity index (χ4v) is 1.59. The fraction of sp³-hybridized carbons (Fsp3) is 1.00. The van der Waals surface area contributed by atoms with Crippen LogP contribution in [0, 0.1) is 0 Å². The highest BCUT2D eigenvalue weighted by molar-refractivity contribution is 4.39. The van der Waals surface area contributed by atoms with Crippen LogP contribution in [0.4, 0.5) is 0 Å². The number of nitrogens with zero attached hydrogens (tertiary/aromatic N) is 3. The van der Waals surface area contributed by atoms with Crippen molar-refractivity contribution in [1.82, 2.24) is 20.0 Å². The van der Waals surface area contributed by atoms with Gasteiger partial charge in [0.05, 0.1) is 6.73 Å². The van der Waals surface area contributed by atoms with Crippen molar-refractivity contribution in [3.8, 4) is 0 Å². The van der Waals surface area contributed by atoms with Crippen LogP contribution in [0.25, 0.3) is 0 Å². The highest BCUT2D eigenvalue weighted by atomic mass is 16.5. The minimum atomic E-state index is 0.507. The van der Waals surface area contributed by atoms with E-state index in [9.17, 15) is 0 Å². The van der Waals surface area contributed by atoms with E-state index in [0.29, 0.717) is 47.1 Å². The number of hydrogen-bond donors (Lipinski definition) is 1. The van der Waals surface area contributed by atoms with Crippen LogP contribution in [0.3, 0.4) is 0 Å². The molecule has 0 saturated carbocycles. The summed E-state index contributed by atoms with van der Waals surface area (Å²) in [5, 5.41) is 2.92. The molecule has 0 radical (unpaired) electrons. The smallest absolute Gasteiger partial charge is 0.102 e. The molecule has 0 unspecified atom stereocenters. The molecule has 0 bridgehead atoms. The van der Waals surface area contributed by atoms with Crippen molar-refractivity contribution < 1.29 is 18.9 Å². The molecule has 0 amide bonds. The first-order chi connectivity index (χ1) is 11.1. The van der Waals surface area contributed by atoms with Gasteiger partial charge in [-0.25, -0.2) is 0 Å². The molecule has 0 spiro atoms. The number of rotatable bonds is 17. The predicted octanol–water partition coefficient (Wildman–Crippen LogP) is 0.570. The molecule has 0 saturated heterocycles. The van der Waals surface area contributed by atoms with Gasteiger partial charge < -0.3 is 18.9 Å². The van der Waals surface area contributed by atoms with Crippen LogP contribution in [-0.4, -0.2) is 96.6 Å². The Morgan fingerprint density at radius 3 is 1.57 bits per heavy atom. The third-order valence-corrected chi connectivity index (χ3v) is 2.76. The molecule has 0 rings (SSSR count). The van der Waals surface area contributed by atoms with E-state index in [1.807, 2.05) is 42.9 Å². The first-order valence-electron chi connectivity index (χ1n) is 8.11. The van der Waals surface area contributed by atoms with Gasteiger partial charge in [0, 0.05) is 6.61 Å². The lowest BCUT2D eigenvalue weighted by atomic mass is 10.4. The van der Waals surface area contributed by atoms with Crippen molar-refractivity contribution in [2.75, 3.05) is 81.9 Å². The number of hydrogen-bond acceptors (Lipinski definition) is 8. The molecule has 23 heavy (non-hydrogen) atoms. The Labute approximate surface area is 141 Å². The molecule has 0 aliphatic rings. The maximum absolute atomic E-state index is 5.60. The summed E-state index contributed by atoms with van der Waals surface area (Å²) >= 11 is 0. The van der Waals surface area contributed by atoms with Crippen molar-refractivity contribution in [3.63, 3.8) is 0 Å². The quantitative estimate of drug-likeness (QED) is 0.306. The van der Waals surface area contributed by atoms with Gasteiger partial charge in [-0.3, -0.25) is 20.0 Å². The third-order valence-electron chi connectivity index (χ3n) is 2.76. The van der Waals surface area contributed by atoms with Gasteiger partial charge in [0.1, 0.15) is 40.4 Å². The molecule has 8 heteroatoms. The van der Waals surface area contributed by atoms with Crippen LogP contribution in [0.15, 0.2) is 0 Å². The summed E-state index contributed by atoms with van der Waals surface area (Å²) < 4.78 is 22.0. The van der Waals surface area contributed by atoms with E-state index < -0.39 is 0 Å². The second-order valence-corrected chi connectivity index (χ2v) is 5.71. The number of ether oxygens (including phenoxy) is 4. The minimum Gasteiger partial charge on any atom is -0.366 e. The monoisotopic (exact) mass is 336 g/mol.